The van der Waals surface area contributed by atoms with E-state index in [2.05, 4.69) is 9.55 Å². The van der Waals surface area contributed by atoms with Crippen LogP contribution in [-0.2, 0) is 6.54 Å². The maximum absolute atomic E-state index is 10.9. The number of nitrogens with zero attached hydrogens (tertiary/aromatic N) is 2. The summed E-state index contributed by atoms with van der Waals surface area (Å²) in [6, 6.07) is 12.5. The van der Waals surface area contributed by atoms with Crippen LogP contribution in [0.2, 0.25) is 0 Å². The van der Waals surface area contributed by atoms with E-state index in [0.717, 1.165) is 22.4 Å². The van der Waals surface area contributed by atoms with Crippen molar-refractivity contribution in [3.63, 3.8) is 0 Å². The molecule has 5 heteroatoms. The SMILES string of the molecule is Cc1nc2cc(N)ccc2n1Cc1ccc(C(=O)O)cc1. The summed E-state index contributed by atoms with van der Waals surface area (Å²) in [4.78, 5) is 15.4. The number of nitrogen functional groups attached to an aromatic ring is 1. The number of carboxylic acids is 1. The summed E-state index contributed by atoms with van der Waals surface area (Å²) in [7, 11) is 0. The molecule has 0 saturated heterocycles. The van der Waals surface area contributed by atoms with Gasteiger partial charge in [-0.3, -0.25) is 0 Å². The van der Waals surface area contributed by atoms with Gasteiger partial charge in [-0.25, -0.2) is 9.78 Å². The van der Waals surface area contributed by atoms with Gasteiger partial charge in [-0.2, -0.15) is 0 Å². The number of fused-ring (bicyclic) bond motifs is 1. The normalized spacial score (nSPS) is 10.9. The Morgan fingerprint density at radius 2 is 1.95 bits per heavy atom. The van der Waals surface area contributed by atoms with E-state index < -0.39 is 5.97 Å². The van der Waals surface area contributed by atoms with E-state index in [-0.39, 0.29) is 0 Å². The molecular formula is C16H15N3O2. The molecule has 0 fully saturated rings. The average molecular weight is 281 g/mol. The van der Waals surface area contributed by atoms with Crippen LogP contribution in [0.5, 0.6) is 0 Å². The van der Waals surface area contributed by atoms with Crippen LogP contribution in [0.15, 0.2) is 42.5 Å². The lowest BCUT2D eigenvalue weighted by Crippen LogP contribution is -2.03. The third-order valence-electron chi connectivity index (χ3n) is 3.50. The number of rotatable bonds is 3. The number of carboxylic acid groups (broad SMARTS) is 1. The van der Waals surface area contributed by atoms with Crippen molar-refractivity contribution in [2.45, 2.75) is 13.5 Å². The van der Waals surface area contributed by atoms with Crippen LogP contribution in [0.1, 0.15) is 21.7 Å². The van der Waals surface area contributed by atoms with Crippen molar-refractivity contribution in [1.29, 1.82) is 0 Å². The summed E-state index contributed by atoms with van der Waals surface area (Å²) in [5, 5.41) is 8.92. The first-order valence-electron chi connectivity index (χ1n) is 6.59. The standard InChI is InChI=1S/C16H15N3O2/c1-10-18-14-8-13(17)6-7-15(14)19(10)9-11-2-4-12(5-3-11)16(20)21/h2-8H,9,17H2,1H3,(H,20,21). The first-order chi connectivity index (χ1) is 10.0. The van der Waals surface area contributed by atoms with Gasteiger partial charge in [0.15, 0.2) is 0 Å². The Labute approximate surface area is 121 Å². The van der Waals surface area contributed by atoms with E-state index in [0.29, 0.717) is 17.8 Å². The van der Waals surface area contributed by atoms with E-state index in [1.807, 2.05) is 37.3 Å². The minimum absolute atomic E-state index is 0.290. The smallest absolute Gasteiger partial charge is 0.335 e. The Hall–Kier alpha value is -2.82. The van der Waals surface area contributed by atoms with Crippen molar-refractivity contribution in [3.8, 4) is 0 Å². The van der Waals surface area contributed by atoms with E-state index in [4.69, 9.17) is 10.8 Å². The fourth-order valence-electron chi connectivity index (χ4n) is 2.40. The molecule has 3 rings (SSSR count). The molecule has 3 N–H and O–H groups in total. The number of hydrogen-bond donors (Lipinski definition) is 2. The molecular weight excluding hydrogens is 266 g/mol. The van der Waals surface area contributed by atoms with Crippen molar-refractivity contribution >= 4 is 22.7 Å². The topological polar surface area (TPSA) is 81.1 Å². The third kappa shape index (κ3) is 2.45. The Bertz CT molecular complexity index is 819. The van der Waals surface area contributed by atoms with Crippen molar-refractivity contribution in [1.82, 2.24) is 9.55 Å². The van der Waals surface area contributed by atoms with Gasteiger partial charge in [-0.1, -0.05) is 12.1 Å². The molecule has 5 nitrogen and oxygen atoms in total. The maximum Gasteiger partial charge on any atom is 0.335 e. The van der Waals surface area contributed by atoms with Gasteiger partial charge in [0.25, 0.3) is 0 Å². The number of imidazole rings is 1. The van der Waals surface area contributed by atoms with E-state index in [1.165, 1.54) is 0 Å². The highest BCUT2D eigenvalue weighted by Crippen LogP contribution is 2.20. The largest absolute Gasteiger partial charge is 0.478 e. The van der Waals surface area contributed by atoms with Crippen LogP contribution in [0.3, 0.4) is 0 Å². The summed E-state index contributed by atoms with van der Waals surface area (Å²) in [6.07, 6.45) is 0. The highest BCUT2D eigenvalue weighted by Gasteiger charge is 2.09. The molecule has 0 radical (unpaired) electrons. The molecule has 0 aliphatic heterocycles. The first kappa shape index (κ1) is 13.2. The van der Waals surface area contributed by atoms with Gasteiger partial charge < -0.3 is 15.4 Å². The van der Waals surface area contributed by atoms with Crippen LogP contribution in [0, 0.1) is 6.92 Å². The number of aromatic carboxylic acids is 1. The van der Waals surface area contributed by atoms with Crippen LogP contribution < -0.4 is 5.73 Å². The fraction of sp³-hybridized carbons (Fsp3) is 0.125. The number of benzene rings is 2. The lowest BCUT2D eigenvalue weighted by Gasteiger charge is -2.07. The second-order valence-corrected chi connectivity index (χ2v) is 5.00. The molecule has 21 heavy (non-hydrogen) atoms. The molecule has 1 heterocycles. The predicted octanol–water partition coefficient (Wildman–Crippen LogP) is 2.67. The lowest BCUT2D eigenvalue weighted by atomic mass is 10.1. The second-order valence-electron chi connectivity index (χ2n) is 5.00. The lowest BCUT2D eigenvalue weighted by molar-refractivity contribution is 0.0697. The number of hydrogen-bond acceptors (Lipinski definition) is 3. The summed E-state index contributed by atoms with van der Waals surface area (Å²) in [5.41, 5.74) is 9.67. The molecule has 3 aromatic rings. The van der Waals surface area contributed by atoms with Gasteiger partial charge in [0.2, 0.25) is 0 Å². The van der Waals surface area contributed by atoms with Gasteiger partial charge in [-0.05, 0) is 42.8 Å². The average Bonchev–Trinajstić information content (AvgIpc) is 2.75. The number of aromatic nitrogens is 2. The highest BCUT2D eigenvalue weighted by molar-refractivity contribution is 5.87. The maximum atomic E-state index is 10.9. The van der Waals surface area contributed by atoms with Crippen LogP contribution in [0.4, 0.5) is 5.69 Å². The van der Waals surface area contributed by atoms with Gasteiger partial charge in [0.05, 0.1) is 16.6 Å². The Morgan fingerprint density at radius 1 is 1.24 bits per heavy atom. The molecule has 0 spiro atoms. The third-order valence-corrected chi connectivity index (χ3v) is 3.50. The zero-order valence-corrected chi connectivity index (χ0v) is 11.6. The predicted molar refractivity (Wildman–Crippen MR) is 81.4 cm³/mol. The molecule has 0 aliphatic rings. The molecule has 0 atom stereocenters. The molecule has 0 amide bonds. The van der Waals surface area contributed by atoms with Gasteiger partial charge in [0, 0.05) is 12.2 Å². The molecule has 0 saturated carbocycles. The number of anilines is 1. The van der Waals surface area contributed by atoms with Crippen LogP contribution in [0.25, 0.3) is 11.0 Å². The summed E-state index contributed by atoms with van der Waals surface area (Å²) < 4.78 is 2.09. The Balaban J connectivity index is 1.97. The van der Waals surface area contributed by atoms with Crippen LogP contribution in [-0.4, -0.2) is 20.6 Å². The minimum atomic E-state index is -0.915. The van der Waals surface area contributed by atoms with Crippen molar-refractivity contribution in [2.24, 2.45) is 0 Å². The second kappa shape index (κ2) is 4.94. The molecule has 2 aromatic carbocycles. The van der Waals surface area contributed by atoms with E-state index in [1.54, 1.807) is 12.1 Å². The molecule has 0 bridgehead atoms. The first-order valence-corrected chi connectivity index (χ1v) is 6.59. The summed E-state index contributed by atoms with van der Waals surface area (Å²) in [5.74, 6) is -0.0146. The fourth-order valence-corrected chi connectivity index (χ4v) is 2.40. The molecule has 1 aromatic heterocycles. The Kier molecular flexibility index (Phi) is 3.10. The molecule has 106 valence electrons. The van der Waals surface area contributed by atoms with E-state index >= 15 is 0 Å². The highest BCUT2D eigenvalue weighted by atomic mass is 16.4. The van der Waals surface area contributed by atoms with Crippen molar-refractivity contribution in [2.75, 3.05) is 5.73 Å². The van der Waals surface area contributed by atoms with Gasteiger partial charge >= 0.3 is 5.97 Å². The van der Waals surface area contributed by atoms with Crippen LogP contribution >= 0.6 is 0 Å². The molecule has 0 unspecified atom stereocenters. The van der Waals surface area contributed by atoms with E-state index in [9.17, 15) is 4.79 Å². The summed E-state index contributed by atoms with van der Waals surface area (Å²) in [6.45, 7) is 2.59. The number of aryl methyl sites for hydroxylation is 1. The summed E-state index contributed by atoms with van der Waals surface area (Å²) >= 11 is 0. The van der Waals surface area contributed by atoms with Gasteiger partial charge in [-0.15, -0.1) is 0 Å². The molecule has 0 aliphatic carbocycles. The quantitative estimate of drug-likeness (QED) is 0.723. The zero-order valence-electron chi connectivity index (χ0n) is 11.6. The Morgan fingerprint density at radius 3 is 2.62 bits per heavy atom. The van der Waals surface area contributed by atoms with Crippen molar-refractivity contribution < 1.29 is 9.90 Å². The zero-order chi connectivity index (χ0) is 15.0. The number of nitrogens with two attached hydrogens (primary N) is 1. The number of carbonyl (C=O) groups is 1. The minimum Gasteiger partial charge on any atom is -0.478 e. The van der Waals surface area contributed by atoms with Gasteiger partial charge in [0.1, 0.15) is 5.82 Å². The monoisotopic (exact) mass is 281 g/mol. The van der Waals surface area contributed by atoms with Crippen molar-refractivity contribution in [3.05, 3.63) is 59.4 Å².